The molecule has 66 heavy (non-hydrogen) atoms. The SMILES string of the molecule is COC(=O)C1OC(Oc2ccc(COC(=O)Oc3ccc([N+](=O)[O-])cc3)cc2NC(=O)CCNC(=O)OCC2c3ccccc3-c3ccccc32)C(OC(C)=O)C(OC(C)=O)C1OC(C)=O. The Kier molecular flexibility index (Phi) is 15.5. The largest absolute Gasteiger partial charge is 0.514 e. The van der Waals surface area contributed by atoms with Gasteiger partial charge in [0.25, 0.3) is 5.69 Å². The number of ether oxygens (including phenoxy) is 9. The second-order valence-corrected chi connectivity index (χ2v) is 14.6. The summed E-state index contributed by atoms with van der Waals surface area (Å²) in [5.74, 6) is -4.94. The number of nitro groups is 1. The number of hydrogen-bond donors (Lipinski definition) is 2. The van der Waals surface area contributed by atoms with Crippen molar-refractivity contribution in [2.45, 2.75) is 70.4 Å². The minimum absolute atomic E-state index is 0.0391. The number of nitrogens with zero attached hydrogens (tertiary/aromatic N) is 1. The predicted octanol–water partition coefficient (Wildman–Crippen LogP) is 5.25. The number of hydrogen-bond acceptors (Lipinski definition) is 18. The first-order valence-electron chi connectivity index (χ1n) is 20.1. The highest BCUT2D eigenvalue weighted by Crippen LogP contribution is 2.44. The number of nitro benzene ring substituents is 1. The Morgan fingerprint density at radius 2 is 1.35 bits per heavy atom. The molecule has 0 aromatic heterocycles. The number of non-ortho nitro benzene ring substituents is 1. The van der Waals surface area contributed by atoms with Gasteiger partial charge in [0.05, 0.1) is 17.7 Å². The van der Waals surface area contributed by atoms with E-state index >= 15 is 0 Å². The lowest BCUT2D eigenvalue weighted by atomic mass is 9.97. The number of anilines is 1. The summed E-state index contributed by atoms with van der Waals surface area (Å²) in [5, 5.41) is 16.2. The van der Waals surface area contributed by atoms with Crippen molar-refractivity contribution in [3.05, 3.63) is 118 Å². The van der Waals surface area contributed by atoms with Crippen LogP contribution in [-0.4, -0.2) is 97.9 Å². The minimum Gasteiger partial charge on any atom is -0.467 e. The molecule has 21 heteroatoms. The Bertz CT molecular complexity index is 2450. The molecule has 1 saturated heterocycles. The van der Waals surface area contributed by atoms with E-state index in [-0.39, 0.29) is 53.9 Å². The zero-order chi connectivity index (χ0) is 47.5. The van der Waals surface area contributed by atoms with Crippen LogP contribution in [0.25, 0.3) is 11.1 Å². The summed E-state index contributed by atoms with van der Waals surface area (Å²) >= 11 is 0. The number of benzene rings is 4. The van der Waals surface area contributed by atoms with E-state index in [1.54, 1.807) is 0 Å². The van der Waals surface area contributed by atoms with Crippen molar-refractivity contribution in [2.75, 3.05) is 25.6 Å². The number of esters is 4. The van der Waals surface area contributed by atoms with Crippen molar-refractivity contribution < 1.29 is 81.1 Å². The zero-order valence-electron chi connectivity index (χ0n) is 35.7. The van der Waals surface area contributed by atoms with Crippen LogP contribution >= 0.6 is 0 Å². The van der Waals surface area contributed by atoms with Crippen LogP contribution in [0.1, 0.15) is 49.8 Å². The van der Waals surface area contributed by atoms with Gasteiger partial charge in [0.15, 0.2) is 18.3 Å². The highest BCUT2D eigenvalue weighted by Gasteiger charge is 2.56. The van der Waals surface area contributed by atoms with Gasteiger partial charge in [0.2, 0.25) is 18.3 Å². The molecule has 4 aromatic carbocycles. The van der Waals surface area contributed by atoms with E-state index in [4.69, 9.17) is 42.6 Å². The molecule has 0 bridgehead atoms. The highest BCUT2D eigenvalue weighted by atomic mass is 16.7. The first-order chi connectivity index (χ1) is 31.6. The maximum absolute atomic E-state index is 13.5. The third-order valence-electron chi connectivity index (χ3n) is 9.97. The average molecular weight is 914 g/mol. The van der Waals surface area contributed by atoms with Crippen LogP contribution in [-0.2, 0) is 63.7 Å². The van der Waals surface area contributed by atoms with Crippen molar-refractivity contribution >= 4 is 53.4 Å². The summed E-state index contributed by atoms with van der Waals surface area (Å²) in [5.41, 5.74) is 4.05. The number of methoxy groups -OCH3 is 1. The summed E-state index contributed by atoms with van der Waals surface area (Å²) in [6.07, 6.45) is -10.9. The summed E-state index contributed by atoms with van der Waals surface area (Å²) in [6.45, 7) is 2.48. The Morgan fingerprint density at radius 1 is 0.742 bits per heavy atom. The quantitative estimate of drug-likeness (QED) is 0.0478. The Labute approximate surface area is 375 Å². The normalized spacial score (nSPS) is 18.2. The molecule has 5 atom stereocenters. The molecule has 1 aliphatic carbocycles. The third kappa shape index (κ3) is 11.9. The van der Waals surface area contributed by atoms with E-state index in [1.807, 2.05) is 48.5 Å². The predicted molar refractivity (Wildman–Crippen MR) is 225 cm³/mol. The Balaban J connectivity index is 1.18. The van der Waals surface area contributed by atoms with Gasteiger partial charge in [-0.25, -0.2) is 14.4 Å². The van der Waals surface area contributed by atoms with Crippen LogP contribution in [0.5, 0.6) is 11.5 Å². The first-order valence-corrected chi connectivity index (χ1v) is 20.1. The maximum Gasteiger partial charge on any atom is 0.514 e. The van der Waals surface area contributed by atoms with Crippen LogP contribution in [0.4, 0.5) is 21.0 Å². The molecule has 0 spiro atoms. The van der Waals surface area contributed by atoms with Gasteiger partial charge in [0, 0.05) is 51.8 Å². The monoisotopic (exact) mass is 913 g/mol. The molecule has 1 fully saturated rings. The first kappa shape index (κ1) is 47.4. The summed E-state index contributed by atoms with van der Waals surface area (Å²) in [4.78, 5) is 99.1. The van der Waals surface area contributed by atoms with Crippen LogP contribution in [0, 0.1) is 10.1 Å². The number of amides is 2. The molecule has 0 radical (unpaired) electrons. The zero-order valence-corrected chi connectivity index (χ0v) is 35.7. The number of nitrogens with one attached hydrogen (secondary N) is 2. The molecule has 6 rings (SSSR count). The Morgan fingerprint density at radius 3 is 1.95 bits per heavy atom. The molecule has 4 aromatic rings. The fraction of sp³-hybridized carbons (Fsp3) is 0.311. The summed E-state index contributed by atoms with van der Waals surface area (Å²) in [7, 11) is 1.02. The lowest BCUT2D eigenvalue weighted by Crippen LogP contribution is -2.64. The van der Waals surface area contributed by atoms with Crippen LogP contribution in [0.2, 0.25) is 0 Å². The maximum atomic E-state index is 13.5. The fourth-order valence-electron chi connectivity index (χ4n) is 7.21. The van der Waals surface area contributed by atoms with E-state index in [2.05, 4.69) is 10.6 Å². The van der Waals surface area contributed by atoms with Gasteiger partial charge in [-0.3, -0.25) is 29.3 Å². The molecular formula is C45H43N3O18. The van der Waals surface area contributed by atoms with E-state index in [1.165, 1.54) is 30.3 Å². The van der Waals surface area contributed by atoms with Crippen molar-refractivity contribution in [1.82, 2.24) is 5.32 Å². The lowest BCUT2D eigenvalue weighted by Gasteiger charge is -2.43. The van der Waals surface area contributed by atoms with Gasteiger partial charge in [-0.2, -0.15) is 0 Å². The second-order valence-electron chi connectivity index (χ2n) is 14.6. The van der Waals surface area contributed by atoms with Gasteiger partial charge < -0.3 is 53.3 Å². The molecule has 346 valence electrons. The second kappa shape index (κ2) is 21.5. The third-order valence-corrected chi connectivity index (χ3v) is 9.97. The van der Waals surface area contributed by atoms with Gasteiger partial charge in [-0.15, -0.1) is 0 Å². The fourth-order valence-corrected chi connectivity index (χ4v) is 7.21. The molecular weight excluding hydrogens is 870 g/mol. The van der Waals surface area contributed by atoms with Crippen molar-refractivity contribution in [3.63, 3.8) is 0 Å². The van der Waals surface area contributed by atoms with Gasteiger partial charge in [-0.05, 0) is 52.1 Å². The summed E-state index contributed by atoms with van der Waals surface area (Å²) in [6, 6.07) is 24.3. The van der Waals surface area contributed by atoms with Crippen LogP contribution in [0.15, 0.2) is 91.0 Å². The number of carbonyl (C=O) groups excluding carboxylic acids is 7. The van der Waals surface area contributed by atoms with Crippen molar-refractivity contribution in [2.24, 2.45) is 0 Å². The topological polar surface area (TPSA) is 270 Å². The molecule has 21 nitrogen and oxygen atoms in total. The minimum atomic E-state index is -1.81. The Hall–Kier alpha value is -8.07. The number of carbonyl (C=O) groups is 7. The van der Waals surface area contributed by atoms with E-state index in [0.717, 1.165) is 62.3 Å². The standard InChI is InChI=1S/C45H43N3O18/c1-24(49)61-38-39(62-25(2)50)41(63-26(3)51)43(66-40(38)42(53)58-4)65-36-18-13-27(22-60-45(55)64-29-16-14-28(15-17-29)48(56)57)21-35(36)47-37(52)19-20-46-44(54)59-23-34-32-11-7-5-9-30(32)31-10-6-8-12-33(31)34/h5-18,21,34,38-41,43H,19-20,22-23H2,1-4H3,(H,46,54)(H,47,52). The number of fused-ring (bicyclic) bond motifs is 3. The molecule has 0 saturated carbocycles. The highest BCUT2D eigenvalue weighted by molar-refractivity contribution is 5.92. The van der Waals surface area contributed by atoms with Crippen molar-refractivity contribution in [3.8, 4) is 22.6 Å². The number of alkyl carbamates (subject to hydrolysis) is 1. The average Bonchev–Trinajstić information content (AvgIpc) is 3.60. The molecule has 2 aliphatic rings. The summed E-state index contributed by atoms with van der Waals surface area (Å²) < 4.78 is 48.9. The molecule has 2 amide bonds. The van der Waals surface area contributed by atoms with Crippen LogP contribution in [0.3, 0.4) is 0 Å². The molecule has 1 aliphatic heterocycles. The van der Waals surface area contributed by atoms with Gasteiger partial charge in [-0.1, -0.05) is 54.6 Å². The smallest absolute Gasteiger partial charge is 0.467 e. The number of rotatable bonds is 16. The van der Waals surface area contributed by atoms with E-state index < -0.39 is 84.3 Å². The molecule has 2 N–H and O–H groups in total. The molecule has 5 unspecified atom stereocenters. The van der Waals surface area contributed by atoms with Crippen molar-refractivity contribution in [1.29, 1.82) is 0 Å². The van der Waals surface area contributed by atoms with Crippen LogP contribution < -0.4 is 20.1 Å². The van der Waals surface area contributed by atoms with Gasteiger partial charge in [0.1, 0.15) is 24.7 Å². The lowest BCUT2D eigenvalue weighted by molar-refractivity contribution is -0.384. The van der Waals surface area contributed by atoms with E-state index in [0.29, 0.717) is 0 Å². The van der Waals surface area contributed by atoms with E-state index in [9.17, 15) is 43.7 Å². The molecule has 1 heterocycles. The van der Waals surface area contributed by atoms with Gasteiger partial charge >= 0.3 is 36.1 Å².